The number of halogens is 2. The van der Waals surface area contributed by atoms with Gasteiger partial charge in [-0.1, -0.05) is 18.2 Å². The van der Waals surface area contributed by atoms with Crippen LogP contribution in [0.15, 0.2) is 24.3 Å². The Morgan fingerprint density at radius 1 is 1.22 bits per heavy atom. The lowest BCUT2D eigenvalue weighted by Crippen LogP contribution is -2.30. The highest BCUT2D eigenvalue weighted by molar-refractivity contribution is 5.85. The van der Waals surface area contributed by atoms with E-state index in [0.717, 1.165) is 31.1 Å². The zero-order chi connectivity index (χ0) is 11.8. The fourth-order valence-electron chi connectivity index (χ4n) is 3.40. The molecule has 1 aliphatic carbocycles. The van der Waals surface area contributed by atoms with Crippen molar-refractivity contribution in [3.05, 3.63) is 35.6 Å². The first kappa shape index (κ1) is 13.8. The summed E-state index contributed by atoms with van der Waals surface area (Å²) in [5.74, 6) is 1.30. The minimum atomic E-state index is -0.0890. The van der Waals surface area contributed by atoms with E-state index in [1.165, 1.54) is 18.9 Å². The zero-order valence-corrected chi connectivity index (χ0v) is 11.2. The van der Waals surface area contributed by atoms with Crippen molar-refractivity contribution in [2.75, 3.05) is 13.1 Å². The number of fused-ring (bicyclic) bond motifs is 1. The molecule has 3 atom stereocenters. The van der Waals surface area contributed by atoms with Crippen LogP contribution in [-0.2, 0) is 6.54 Å². The van der Waals surface area contributed by atoms with Crippen molar-refractivity contribution in [2.45, 2.75) is 25.4 Å². The summed E-state index contributed by atoms with van der Waals surface area (Å²) in [6, 6.07) is 7.43. The third kappa shape index (κ3) is 2.53. The molecule has 0 bridgehead atoms. The van der Waals surface area contributed by atoms with Gasteiger partial charge in [0.2, 0.25) is 0 Å². The van der Waals surface area contributed by atoms with Crippen LogP contribution in [0.2, 0.25) is 0 Å². The Kier molecular flexibility index (Phi) is 4.25. The Hall–Kier alpha value is -0.640. The number of nitrogens with two attached hydrogens (primary N) is 1. The largest absolute Gasteiger partial charge is 0.327 e. The number of benzene rings is 1. The predicted molar refractivity (Wildman–Crippen MR) is 73.1 cm³/mol. The lowest BCUT2D eigenvalue weighted by Gasteiger charge is -2.18. The lowest BCUT2D eigenvalue weighted by atomic mass is 9.98. The van der Waals surface area contributed by atoms with Gasteiger partial charge in [-0.05, 0) is 30.7 Å². The summed E-state index contributed by atoms with van der Waals surface area (Å²) in [6.07, 6.45) is 2.42. The lowest BCUT2D eigenvalue weighted by molar-refractivity contribution is 0.294. The second-order valence-corrected chi connectivity index (χ2v) is 5.45. The minimum Gasteiger partial charge on any atom is -0.327 e. The molecule has 1 aromatic carbocycles. The van der Waals surface area contributed by atoms with Crippen molar-refractivity contribution in [1.29, 1.82) is 0 Å². The first-order chi connectivity index (χ1) is 8.24. The van der Waals surface area contributed by atoms with E-state index >= 15 is 0 Å². The van der Waals surface area contributed by atoms with Crippen molar-refractivity contribution >= 4 is 12.4 Å². The molecule has 2 aliphatic rings. The van der Waals surface area contributed by atoms with Crippen molar-refractivity contribution in [2.24, 2.45) is 17.6 Å². The van der Waals surface area contributed by atoms with Gasteiger partial charge in [0.05, 0.1) is 0 Å². The maximum absolute atomic E-state index is 13.6. The fourth-order valence-corrected chi connectivity index (χ4v) is 3.40. The predicted octanol–water partition coefficient (Wildman–Crippen LogP) is 2.42. The summed E-state index contributed by atoms with van der Waals surface area (Å²) in [5.41, 5.74) is 6.91. The molecule has 2 nitrogen and oxygen atoms in total. The molecule has 2 N–H and O–H groups in total. The average molecular weight is 271 g/mol. The summed E-state index contributed by atoms with van der Waals surface area (Å²) in [4.78, 5) is 2.35. The molecule has 0 aromatic heterocycles. The maximum Gasteiger partial charge on any atom is 0.127 e. The Labute approximate surface area is 114 Å². The molecule has 1 heterocycles. The maximum atomic E-state index is 13.6. The normalized spacial score (nSPS) is 31.1. The van der Waals surface area contributed by atoms with E-state index in [9.17, 15) is 4.39 Å². The van der Waals surface area contributed by atoms with Gasteiger partial charge in [-0.2, -0.15) is 0 Å². The number of hydrogen-bond acceptors (Lipinski definition) is 2. The number of rotatable bonds is 2. The summed E-state index contributed by atoms with van der Waals surface area (Å²) >= 11 is 0. The molecule has 3 rings (SSSR count). The van der Waals surface area contributed by atoms with Crippen LogP contribution < -0.4 is 5.73 Å². The van der Waals surface area contributed by atoms with Crippen molar-refractivity contribution < 1.29 is 4.39 Å². The van der Waals surface area contributed by atoms with E-state index < -0.39 is 0 Å². The smallest absolute Gasteiger partial charge is 0.127 e. The standard InChI is InChI=1S/C14H19FN2.ClH/c15-13-4-2-1-3-11(13)8-17-7-10-5-6-14(16)12(10)9-17;/h1-4,10,12,14H,5-9,16H2;1H. The van der Waals surface area contributed by atoms with Crippen LogP contribution in [0, 0.1) is 17.7 Å². The van der Waals surface area contributed by atoms with Crippen LogP contribution in [0.3, 0.4) is 0 Å². The third-order valence-corrected chi connectivity index (χ3v) is 4.34. The molecule has 3 unspecified atom stereocenters. The van der Waals surface area contributed by atoms with Gasteiger partial charge in [-0.15, -0.1) is 12.4 Å². The summed E-state index contributed by atoms with van der Waals surface area (Å²) in [5, 5.41) is 0. The molecular formula is C14H20ClFN2. The minimum absolute atomic E-state index is 0. The molecule has 18 heavy (non-hydrogen) atoms. The van der Waals surface area contributed by atoms with E-state index in [0.29, 0.717) is 12.0 Å². The van der Waals surface area contributed by atoms with Crippen LogP contribution in [0.4, 0.5) is 4.39 Å². The van der Waals surface area contributed by atoms with Gasteiger partial charge in [0.1, 0.15) is 5.82 Å². The highest BCUT2D eigenvalue weighted by Gasteiger charge is 2.40. The van der Waals surface area contributed by atoms with Crippen molar-refractivity contribution in [3.8, 4) is 0 Å². The molecule has 0 amide bonds. The summed E-state index contributed by atoms with van der Waals surface area (Å²) in [6.45, 7) is 2.86. The number of likely N-dealkylation sites (tertiary alicyclic amines) is 1. The van der Waals surface area contributed by atoms with Gasteiger partial charge in [0.25, 0.3) is 0 Å². The van der Waals surface area contributed by atoms with Gasteiger partial charge in [-0.3, -0.25) is 4.90 Å². The second-order valence-electron chi connectivity index (χ2n) is 5.45. The zero-order valence-electron chi connectivity index (χ0n) is 10.4. The van der Waals surface area contributed by atoms with E-state index in [-0.39, 0.29) is 18.2 Å². The molecule has 1 aromatic rings. The number of nitrogens with zero attached hydrogens (tertiary/aromatic N) is 1. The summed E-state index contributed by atoms with van der Waals surface area (Å²) < 4.78 is 13.6. The Morgan fingerprint density at radius 2 is 2.00 bits per heavy atom. The molecule has 2 fully saturated rings. The molecular weight excluding hydrogens is 251 g/mol. The highest BCUT2D eigenvalue weighted by Crippen LogP contribution is 2.37. The molecule has 4 heteroatoms. The van der Waals surface area contributed by atoms with Crippen LogP contribution in [0.25, 0.3) is 0 Å². The summed E-state index contributed by atoms with van der Waals surface area (Å²) in [7, 11) is 0. The molecule has 1 saturated heterocycles. The monoisotopic (exact) mass is 270 g/mol. The van der Waals surface area contributed by atoms with Gasteiger partial charge in [0, 0.05) is 31.2 Å². The van der Waals surface area contributed by atoms with Crippen molar-refractivity contribution in [1.82, 2.24) is 4.90 Å². The van der Waals surface area contributed by atoms with Crippen LogP contribution in [0.1, 0.15) is 18.4 Å². The van der Waals surface area contributed by atoms with Gasteiger partial charge >= 0.3 is 0 Å². The van der Waals surface area contributed by atoms with E-state index in [2.05, 4.69) is 4.90 Å². The highest BCUT2D eigenvalue weighted by atomic mass is 35.5. The number of hydrogen-bond donors (Lipinski definition) is 1. The Bertz CT molecular complexity index is 413. The fraction of sp³-hybridized carbons (Fsp3) is 0.571. The van der Waals surface area contributed by atoms with Crippen LogP contribution >= 0.6 is 12.4 Å². The van der Waals surface area contributed by atoms with E-state index in [4.69, 9.17) is 5.73 Å². The van der Waals surface area contributed by atoms with Crippen LogP contribution in [0.5, 0.6) is 0 Å². The SMILES string of the molecule is Cl.NC1CCC2CN(Cc3ccccc3F)CC12. The van der Waals surface area contributed by atoms with Crippen molar-refractivity contribution in [3.63, 3.8) is 0 Å². The van der Waals surface area contributed by atoms with Crippen LogP contribution in [-0.4, -0.2) is 24.0 Å². The Balaban J connectivity index is 0.00000120. The van der Waals surface area contributed by atoms with E-state index in [1.807, 2.05) is 12.1 Å². The first-order valence-corrected chi connectivity index (χ1v) is 6.45. The van der Waals surface area contributed by atoms with Gasteiger partial charge in [0.15, 0.2) is 0 Å². The third-order valence-electron chi connectivity index (χ3n) is 4.34. The quantitative estimate of drug-likeness (QED) is 0.894. The second kappa shape index (κ2) is 5.55. The Morgan fingerprint density at radius 3 is 2.72 bits per heavy atom. The molecule has 1 aliphatic heterocycles. The van der Waals surface area contributed by atoms with E-state index in [1.54, 1.807) is 6.07 Å². The molecule has 1 saturated carbocycles. The topological polar surface area (TPSA) is 29.3 Å². The molecule has 100 valence electrons. The first-order valence-electron chi connectivity index (χ1n) is 6.45. The van der Waals surface area contributed by atoms with Gasteiger partial charge in [-0.25, -0.2) is 4.39 Å². The molecule has 0 radical (unpaired) electrons. The van der Waals surface area contributed by atoms with Gasteiger partial charge < -0.3 is 5.73 Å². The average Bonchev–Trinajstić information content (AvgIpc) is 2.85. The molecule has 0 spiro atoms.